The van der Waals surface area contributed by atoms with Crippen LogP contribution in [0.25, 0.3) is 0 Å². The lowest BCUT2D eigenvalue weighted by Crippen LogP contribution is -2.25. The van der Waals surface area contributed by atoms with Crippen LogP contribution in [0.1, 0.15) is 30.7 Å². The van der Waals surface area contributed by atoms with E-state index in [0.717, 1.165) is 44.2 Å². The van der Waals surface area contributed by atoms with E-state index >= 15 is 0 Å². The second-order valence-electron chi connectivity index (χ2n) is 6.16. The van der Waals surface area contributed by atoms with E-state index in [1.54, 1.807) is 7.11 Å². The monoisotopic (exact) mass is 290 g/mol. The minimum Gasteiger partial charge on any atom is -0.496 e. The standard InChI is InChI=1S/C17H26N2O2/c1-20-15-6-5-7-16-17(15)14-11-19(9-4-2-3-8-18)10-13(14)12-21-16/h5-7,13-14H,2-4,8-12,18H2,1H3/t13-,14+/m1/s1. The zero-order valence-corrected chi connectivity index (χ0v) is 12.9. The number of methoxy groups -OCH3 is 1. The SMILES string of the molecule is COc1cccc2c1[C@H]1CN(CCCCCN)C[C@@H]1CO2. The van der Waals surface area contributed by atoms with Crippen molar-refractivity contribution in [3.05, 3.63) is 23.8 Å². The highest BCUT2D eigenvalue weighted by molar-refractivity contribution is 5.49. The molecule has 116 valence electrons. The molecule has 4 nitrogen and oxygen atoms in total. The van der Waals surface area contributed by atoms with E-state index in [1.165, 1.54) is 24.9 Å². The summed E-state index contributed by atoms with van der Waals surface area (Å²) in [6.45, 7) is 5.10. The summed E-state index contributed by atoms with van der Waals surface area (Å²) in [7, 11) is 1.75. The van der Waals surface area contributed by atoms with Gasteiger partial charge in [0.05, 0.1) is 13.7 Å². The molecule has 0 aliphatic carbocycles. The quantitative estimate of drug-likeness (QED) is 0.816. The molecule has 21 heavy (non-hydrogen) atoms. The molecule has 2 aliphatic heterocycles. The Labute approximate surface area is 127 Å². The van der Waals surface area contributed by atoms with Gasteiger partial charge in [0.25, 0.3) is 0 Å². The van der Waals surface area contributed by atoms with Crippen molar-refractivity contribution in [3.8, 4) is 11.5 Å². The number of hydrogen-bond acceptors (Lipinski definition) is 4. The molecule has 2 aliphatic rings. The van der Waals surface area contributed by atoms with Crippen molar-refractivity contribution in [2.45, 2.75) is 25.2 Å². The molecule has 0 unspecified atom stereocenters. The van der Waals surface area contributed by atoms with Crippen LogP contribution in [0.15, 0.2) is 18.2 Å². The maximum absolute atomic E-state index is 5.95. The average molecular weight is 290 g/mol. The number of hydrogen-bond donors (Lipinski definition) is 1. The Morgan fingerprint density at radius 2 is 2.19 bits per heavy atom. The maximum atomic E-state index is 5.95. The van der Waals surface area contributed by atoms with Crippen LogP contribution in [-0.2, 0) is 0 Å². The van der Waals surface area contributed by atoms with E-state index in [0.29, 0.717) is 11.8 Å². The number of ether oxygens (including phenoxy) is 2. The van der Waals surface area contributed by atoms with Crippen LogP contribution in [0.2, 0.25) is 0 Å². The van der Waals surface area contributed by atoms with Gasteiger partial charge in [0, 0.05) is 30.5 Å². The third kappa shape index (κ3) is 3.01. The minimum atomic E-state index is 0.555. The summed E-state index contributed by atoms with van der Waals surface area (Å²) in [5.41, 5.74) is 6.84. The lowest BCUT2D eigenvalue weighted by atomic mass is 9.86. The molecule has 1 fully saturated rings. The number of likely N-dealkylation sites (tertiary alicyclic amines) is 1. The summed E-state index contributed by atoms with van der Waals surface area (Å²) < 4.78 is 11.5. The van der Waals surface area contributed by atoms with Crippen LogP contribution in [0.3, 0.4) is 0 Å². The highest BCUT2D eigenvalue weighted by Crippen LogP contribution is 2.45. The van der Waals surface area contributed by atoms with Crippen molar-refractivity contribution in [2.24, 2.45) is 11.7 Å². The normalized spacial score (nSPS) is 24.3. The first kappa shape index (κ1) is 14.7. The first-order chi connectivity index (χ1) is 10.3. The molecule has 1 saturated heterocycles. The number of fused-ring (bicyclic) bond motifs is 3. The van der Waals surface area contributed by atoms with Crippen molar-refractivity contribution >= 4 is 0 Å². The second-order valence-corrected chi connectivity index (χ2v) is 6.16. The first-order valence-corrected chi connectivity index (χ1v) is 8.05. The Balaban J connectivity index is 1.68. The van der Waals surface area contributed by atoms with Gasteiger partial charge in [-0.05, 0) is 38.1 Å². The molecule has 0 spiro atoms. The number of nitrogens with two attached hydrogens (primary N) is 1. The predicted octanol–water partition coefficient (Wildman–Crippen LogP) is 2.23. The topological polar surface area (TPSA) is 47.7 Å². The zero-order valence-electron chi connectivity index (χ0n) is 12.9. The van der Waals surface area contributed by atoms with Crippen LogP contribution >= 0.6 is 0 Å². The molecule has 2 atom stereocenters. The molecule has 1 aromatic carbocycles. The average Bonchev–Trinajstić information content (AvgIpc) is 2.94. The molecule has 2 heterocycles. The number of rotatable bonds is 6. The van der Waals surface area contributed by atoms with Gasteiger partial charge in [0.15, 0.2) is 0 Å². The Morgan fingerprint density at radius 3 is 3.00 bits per heavy atom. The van der Waals surface area contributed by atoms with Gasteiger partial charge in [-0.1, -0.05) is 12.5 Å². The van der Waals surface area contributed by atoms with E-state index in [4.69, 9.17) is 15.2 Å². The highest BCUT2D eigenvalue weighted by atomic mass is 16.5. The molecule has 0 amide bonds. The Kier molecular flexibility index (Phi) is 4.66. The van der Waals surface area contributed by atoms with Gasteiger partial charge in [-0.3, -0.25) is 0 Å². The van der Waals surface area contributed by atoms with E-state index in [1.807, 2.05) is 6.07 Å². The minimum absolute atomic E-state index is 0.555. The zero-order chi connectivity index (χ0) is 14.7. The molecular formula is C17H26N2O2. The summed E-state index contributed by atoms with van der Waals surface area (Å²) in [5.74, 6) is 3.15. The fraction of sp³-hybridized carbons (Fsp3) is 0.647. The highest BCUT2D eigenvalue weighted by Gasteiger charge is 2.40. The summed E-state index contributed by atoms with van der Waals surface area (Å²) >= 11 is 0. The van der Waals surface area contributed by atoms with Gasteiger partial charge in [0.1, 0.15) is 11.5 Å². The van der Waals surface area contributed by atoms with Gasteiger partial charge in [0.2, 0.25) is 0 Å². The van der Waals surface area contributed by atoms with Crippen molar-refractivity contribution in [3.63, 3.8) is 0 Å². The Hall–Kier alpha value is -1.26. The molecule has 4 heteroatoms. The van der Waals surface area contributed by atoms with Crippen molar-refractivity contribution in [1.29, 1.82) is 0 Å². The van der Waals surface area contributed by atoms with Gasteiger partial charge < -0.3 is 20.1 Å². The van der Waals surface area contributed by atoms with Gasteiger partial charge in [-0.15, -0.1) is 0 Å². The van der Waals surface area contributed by atoms with Gasteiger partial charge in [-0.2, -0.15) is 0 Å². The Morgan fingerprint density at radius 1 is 1.29 bits per heavy atom. The fourth-order valence-electron chi connectivity index (χ4n) is 3.69. The lowest BCUT2D eigenvalue weighted by Gasteiger charge is -2.29. The van der Waals surface area contributed by atoms with Gasteiger partial charge in [-0.25, -0.2) is 0 Å². The van der Waals surface area contributed by atoms with Crippen molar-refractivity contribution < 1.29 is 9.47 Å². The van der Waals surface area contributed by atoms with Crippen molar-refractivity contribution in [2.75, 3.05) is 39.9 Å². The third-order valence-electron chi connectivity index (χ3n) is 4.76. The van der Waals surface area contributed by atoms with Crippen LogP contribution in [-0.4, -0.2) is 44.8 Å². The largest absolute Gasteiger partial charge is 0.496 e. The lowest BCUT2D eigenvalue weighted by molar-refractivity contribution is 0.209. The number of benzene rings is 1. The summed E-state index contributed by atoms with van der Waals surface area (Å²) in [6, 6.07) is 6.13. The molecule has 3 rings (SSSR count). The van der Waals surface area contributed by atoms with E-state index in [9.17, 15) is 0 Å². The Bertz CT molecular complexity index is 464. The second kappa shape index (κ2) is 6.67. The van der Waals surface area contributed by atoms with Crippen LogP contribution in [0, 0.1) is 5.92 Å². The third-order valence-corrected chi connectivity index (χ3v) is 4.76. The molecule has 0 radical (unpaired) electrons. The van der Waals surface area contributed by atoms with Crippen LogP contribution in [0.4, 0.5) is 0 Å². The van der Waals surface area contributed by atoms with Crippen LogP contribution in [0.5, 0.6) is 11.5 Å². The molecular weight excluding hydrogens is 264 g/mol. The fourth-order valence-corrected chi connectivity index (χ4v) is 3.69. The van der Waals surface area contributed by atoms with Crippen LogP contribution < -0.4 is 15.2 Å². The molecule has 0 saturated carbocycles. The predicted molar refractivity (Wildman–Crippen MR) is 84.1 cm³/mol. The van der Waals surface area contributed by atoms with E-state index < -0.39 is 0 Å². The van der Waals surface area contributed by atoms with E-state index in [-0.39, 0.29) is 0 Å². The number of unbranched alkanes of at least 4 members (excludes halogenated alkanes) is 2. The number of nitrogens with zero attached hydrogens (tertiary/aromatic N) is 1. The summed E-state index contributed by atoms with van der Waals surface area (Å²) in [4.78, 5) is 2.58. The maximum Gasteiger partial charge on any atom is 0.126 e. The first-order valence-electron chi connectivity index (χ1n) is 8.05. The summed E-state index contributed by atoms with van der Waals surface area (Å²) in [6.07, 6.45) is 3.62. The molecule has 0 aromatic heterocycles. The van der Waals surface area contributed by atoms with Crippen molar-refractivity contribution in [1.82, 2.24) is 4.90 Å². The van der Waals surface area contributed by atoms with Gasteiger partial charge >= 0.3 is 0 Å². The molecule has 2 N–H and O–H groups in total. The smallest absolute Gasteiger partial charge is 0.126 e. The molecule has 1 aromatic rings. The van der Waals surface area contributed by atoms with E-state index in [2.05, 4.69) is 17.0 Å². The summed E-state index contributed by atoms with van der Waals surface area (Å²) in [5, 5.41) is 0. The molecule has 0 bridgehead atoms.